The molecule has 6 heteroatoms. The molecule has 0 rings (SSSR count). The summed E-state index contributed by atoms with van der Waals surface area (Å²) >= 11 is 0. The average molecular weight is 349 g/mol. The molecule has 0 aromatic heterocycles. The van der Waals surface area contributed by atoms with E-state index in [4.69, 9.17) is 13.3 Å². The first-order valence-electron chi connectivity index (χ1n) is 9.23. The molecule has 0 saturated carbocycles. The third-order valence-electron chi connectivity index (χ3n) is 3.62. The lowest BCUT2D eigenvalue weighted by Gasteiger charge is -2.32. The van der Waals surface area contributed by atoms with Gasteiger partial charge in [-0.2, -0.15) is 0 Å². The van der Waals surface area contributed by atoms with Gasteiger partial charge < -0.3 is 18.4 Å². The molecular weight excluding hydrogens is 312 g/mol. The maximum atomic E-state index is 11.5. The number of rotatable bonds is 16. The fourth-order valence-electron chi connectivity index (χ4n) is 2.16. The van der Waals surface area contributed by atoms with E-state index < -0.39 is 20.9 Å². The van der Waals surface area contributed by atoms with Crippen molar-refractivity contribution in [2.75, 3.05) is 13.2 Å². The maximum absolute atomic E-state index is 11.5. The van der Waals surface area contributed by atoms with Crippen LogP contribution in [-0.4, -0.2) is 39.2 Å². The second kappa shape index (κ2) is 14.0. The predicted molar refractivity (Wildman–Crippen MR) is 94.6 cm³/mol. The first kappa shape index (κ1) is 22.6. The zero-order valence-electron chi connectivity index (χ0n) is 15.4. The van der Waals surface area contributed by atoms with Crippen LogP contribution in [0, 0.1) is 0 Å². The lowest BCUT2D eigenvalue weighted by atomic mass is 10.2. The van der Waals surface area contributed by atoms with Gasteiger partial charge in [0.05, 0.1) is 0 Å². The van der Waals surface area contributed by atoms with Crippen LogP contribution >= 0.6 is 0 Å². The largest absolute Gasteiger partial charge is 0.501 e. The summed E-state index contributed by atoms with van der Waals surface area (Å²) in [5.74, 6) is -0.918. The quantitative estimate of drug-likeness (QED) is 0.325. The summed E-state index contributed by atoms with van der Waals surface area (Å²) in [5, 5.41) is 9.42. The zero-order chi connectivity index (χ0) is 17.6. The van der Waals surface area contributed by atoms with Crippen molar-refractivity contribution in [3.05, 3.63) is 0 Å². The highest BCUT2D eigenvalue weighted by Gasteiger charge is 2.44. The fraction of sp³-hybridized carbons (Fsp3) is 0.941. The molecule has 0 bridgehead atoms. The van der Waals surface area contributed by atoms with E-state index in [0.29, 0.717) is 25.7 Å². The van der Waals surface area contributed by atoms with Crippen molar-refractivity contribution in [1.29, 1.82) is 0 Å². The van der Waals surface area contributed by atoms with Crippen LogP contribution in [0.1, 0.15) is 79.1 Å². The van der Waals surface area contributed by atoms with Crippen molar-refractivity contribution in [1.82, 2.24) is 0 Å². The number of hydrogen-bond acceptors (Lipinski definition) is 4. The average Bonchev–Trinajstić information content (AvgIpc) is 2.53. The van der Waals surface area contributed by atoms with Gasteiger partial charge in [0.2, 0.25) is 0 Å². The number of aliphatic carboxylic acids is 1. The fourth-order valence-corrected chi connectivity index (χ4v) is 5.14. The summed E-state index contributed by atoms with van der Waals surface area (Å²) in [6, 6.07) is 0.699. The van der Waals surface area contributed by atoms with E-state index in [2.05, 4.69) is 20.8 Å². The van der Waals surface area contributed by atoms with Crippen LogP contribution in [0.2, 0.25) is 6.04 Å². The predicted octanol–water partition coefficient (Wildman–Crippen LogP) is 4.63. The van der Waals surface area contributed by atoms with E-state index in [1.165, 1.54) is 0 Å². The van der Waals surface area contributed by atoms with Crippen LogP contribution in [0.3, 0.4) is 0 Å². The Morgan fingerprint density at radius 2 is 1.43 bits per heavy atom. The van der Waals surface area contributed by atoms with Crippen molar-refractivity contribution in [3.8, 4) is 0 Å². The molecule has 23 heavy (non-hydrogen) atoms. The minimum atomic E-state index is -2.93. The van der Waals surface area contributed by atoms with E-state index in [1.807, 2.05) is 6.92 Å². The Morgan fingerprint density at radius 3 is 1.83 bits per heavy atom. The highest BCUT2D eigenvalue weighted by atomic mass is 28.4. The Hall–Kier alpha value is -0.433. The standard InChI is InChI=1S/C17H36O5Si/c1-5-9-13-20-23(15-11-7-3,21-14-10-6-2)22-16(12-8-4)17(18)19/h16H,5-15H2,1-4H3,(H,18,19). The molecule has 138 valence electrons. The Labute approximate surface area is 143 Å². The van der Waals surface area contributed by atoms with Gasteiger partial charge >= 0.3 is 14.8 Å². The molecular formula is C17H36O5Si. The van der Waals surface area contributed by atoms with Gasteiger partial charge in [-0.1, -0.05) is 53.4 Å². The van der Waals surface area contributed by atoms with Crippen molar-refractivity contribution >= 4 is 14.8 Å². The molecule has 0 fully saturated rings. The molecule has 0 aliphatic rings. The lowest BCUT2D eigenvalue weighted by molar-refractivity contribution is -0.148. The Balaban J connectivity index is 5.06. The van der Waals surface area contributed by atoms with Gasteiger partial charge in [0.1, 0.15) is 6.10 Å². The van der Waals surface area contributed by atoms with Gasteiger partial charge in [0.25, 0.3) is 0 Å². The maximum Gasteiger partial charge on any atom is 0.501 e. The summed E-state index contributed by atoms with van der Waals surface area (Å²) in [4.78, 5) is 11.5. The Kier molecular flexibility index (Phi) is 13.7. The molecule has 1 atom stereocenters. The molecule has 5 nitrogen and oxygen atoms in total. The molecule has 0 saturated heterocycles. The lowest BCUT2D eigenvalue weighted by Crippen LogP contribution is -2.50. The molecule has 1 N–H and O–H groups in total. The highest BCUT2D eigenvalue weighted by molar-refractivity contribution is 6.60. The van der Waals surface area contributed by atoms with E-state index in [1.54, 1.807) is 0 Å². The first-order valence-corrected chi connectivity index (χ1v) is 11.2. The number of hydrogen-bond donors (Lipinski definition) is 1. The van der Waals surface area contributed by atoms with Crippen LogP contribution in [0.15, 0.2) is 0 Å². The minimum Gasteiger partial charge on any atom is -0.479 e. The van der Waals surface area contributed by atoms with E-state index in [9.17, 15) is 9.90 Å². The Morgan fingerprint density at radius 1 is 0.913 bits per heavy atom. The highest BCUT2D eigenvalue weighted by Crippen LogP contribution is 2.24. The molecule has 0 heterocycles. The van der Waals surface area contributed by atoms with Crippen LogP contribution < -0.4 is 0 Å². The number of carboxylic acids is 1. The van der Waals surface area contributed by atoms with Crippen LogP contribution in [0.25, 0.3) is 0 Å². The summed E-state index contributed by atoms with van der Waals surface area (Å²) in [5.41, 5.74) is 0. The van der Waals surface area contributed by atoms with Crippen molar-refractivity contribution in [3.63, 3.8) is 0 Å². The van der Waals surface area contributed by atoms with Crippen molar-refractivity contribution < 1.29 is 23.2 Å². The van der Waals surface area contributed by atoms with Gasteiger partial charge in [-0.15, -0.1) is 0 Å². The number of carbonyl (C=O) groups is 1. The SMILES string of the molecule is CCCCO[Si](CCCC)(OCCCC)OC(CCC)C(=O)O. The van der Waals surface area contributed by atoms with E-state index in [-0.39, 0.29) is 0 Å². The van der Waals surface area contributed by atoms with Crippen molar-refractivity contribution in [2.24, 2.45) is 0 Å². The summed E-state index contributed by atoms with van der Waals surface area (Å²) < 4.78 is 18.2. The normalized spacial score (nSPS) is 13.2. The molecule has 0 spiro atoms. The molecule has 0 aromatic carbocycles. The topological polar surface area (TPSA) is 65.0 Å². The zero-order valence-corrected chi connectivity index (χ0v) is 16.4. The smallest absolute Gasteiger partial charge is 0.479 e. The summed E-state index contributed by atoms with van der Waals surface area (Å²) in [6.45, 7) is 9.44. The summed E-state index contributed by atoms with van der Waals surface area (Å²) in [7, 11) is -2.93. The molecule has 0 amide bonds. The molecule has 0 aliphatic carbocycles. The van der Waals surface area contributed by atoms with E-state index >= 15 is 0 Å². The van der Waals surface area contributed by atoms with Gasteiger partial charge in [0.15, 0.2) is 0 Å². The monoisotopic (exact) mass is 348 g/mol. The van der Waals surface area contributed by atoms with Gasteiger partial charge in [-0.3, -0.25) is 0 Å². The van der Waals surface area contributed by atoms with Gasteiger partial charge in [-0.25, -0.2) is 4.79 Å². The number of unbranched alkanes of at least 4 members (excludes halogenated alkanes) is 3. The second-order valence-corrected chi connectivity index (χ2v) is 8.60. The third kappa shape index (κ3) is 10.1. The van der Waals surface area contributed by atoms with Crippen molar-refractivity contribution in [2.45, 2.75) is 91.2 Å². The first-order chi connectivity index (χ1) is 11.0. The molecule has 0 radical (unpaired) electrons. The molecule has 0 aromatic rings. The van der Waals surface area contributed by atoms with Crippen LogP contribution in [0.4, 0.5) is 0 Å². The van der Waals surface area contributed by atoms with E-state index in [0.717, 1.165) is 44.9 Å². The molecule has 0 aliphatic heterocycles. The van der Waals surface area contributed by atoms with Crippen LogP contribution in [-0.2, 0) is 18.1 Å². The minimum absolute atomic E-state index is 0.491. The second-order valence-electron chi connectivity index (χ2n) is 5.92. The summed E-state index contributed by atoms with van der Waals surface area (Å²) in [6.07, 6.45) is 6.31. The number of carboxylic acid groups (broad SMARTS) is 1. The van der Waals surface area contributed by atoms with Crippen LogP contribution in [0.5, 0.6) is 0 Å². The molecule has 1 unspecified atom stereocenters. The van der Waals surface area contributed by atoms with Gasteiger partial charge in [-0.05, 0) is 25.7 Å². The third-order valence-corrected chi connectivity index (χ3v) is 6.52. The Bertz CT molecular complexity index is 289. The van der Waals surface area contributed by atoms with Gasteiger partial charge in [0, 0.05) is 19.3 Å².